The average Bonchev–Trinajstić information content (AvgIpc) is 2.66. The molecule has 17 heavy (non-hydrogen) atoms. The Kier molecular flexibility index (Phi) is 4.00. The van der Waals surface area contributed by atoms with E-state index in [-0.39, 0.29) is 6.04 Å². The Morgan fingerprint density at radius 2 is 2.18 bits per heavy atom. The number of rotatable bonds is 3. The SMILES string of the molecule is CC1CCN(Cc2cccc(F)c2F)C1CCl. The molecule has 1 aliphatic rings. The molecule has 0 radical (unpaired) electrons. The molecule has 2 unspecified atom stereocenters. The maximum absolute atomic E-state index is 13.5. The van der Waals surface area contributed by atoms with E-state index in [9.17, 15) is 8.78 Å². The summed E-state index contributed by atoms with van der Waals surface area (Å²) in [6.07, 6.45) is 1.06. The molecule has 1 nitrogen and oxygen atoms in total. The Bertz CT molecular complexity index is 397. The molecule has 2 atom stereocenters. The highest BCUT2D eigenvalue weighted by atomic mass is 35.5. The van der Waals surface area contributed by atoms with Crippen molar-refractivity contribution >= 4 is 11.6 Å². The summed E-state index contributed by atoms with van der Waals surface area (Å²) in [4.78, 5) is 2.13. The highest BCUT2D eigenvalue weighted by Crippen LogP contribution is 2.27. The van der Waals surface area contributed by atoms with Crippen LogP contribution in [0.3, 0.4) is 0 Å². The lowest BCUT2D eigenvalue weighted by Crippen LogP contribution is -2.33. The van der Waals surface area contributed by atoms with Crippen LogP contribution >= 0.6 is 11.6 Å². The van der Waals surface area contributed by atoms with Gasteiger partial charge in [0.2, 0.25) is 0 Å². The molecule has 1 fully saturated rings. The minimum atomic E-state index is -0.780. The van der Waals surface area contributed by atoms with Gasteiger partial charge in [-0.3, -0.25) is 4.90 Å². The van der Waals surface area contributed by atoms with Crippen LogP contribution in [0.2, 0.25) is 0 Å². The molecule has 0 spiro atoms. The molecule has 94 valence electrons. The van der Waals surface area contributed by atoms with Gasteiger partial charge in [0.25, 0.3) is 0 Å². The molecule has 1 heterocycles. The molecular formula is C13H16ClF2N. The van der Waals surface area contributed by atoms with Crippen molar-refractivity contribution < 1.29 is 8.78 Å². The molecule has 0 aromatic heterocycles. The molecule has 0 aliphatic carbocycles. The summed E-state index contributed by atoms with van der Waals surface area (Å²) >= 11 is 5.93. The third-order valence-electron chi connectivity index (χ3n) is 3.56. The normalized spacial score (nSPS) is 25.4. The van der Waals surface area contributed by atoms with Crippen LogP contribution in [0, 0.1) is 17.6 Å². The van der Waals surface area contributed by atoms with Crippen molar-refractivity contribution in [2.75, 3.05) is 12.4 Å². The number of halogens is 3. The van der Waals surface area contributed by atoms with E-state index >= 15 is 0 Å². The van der Waals surface area contributed by atoms with Gasteiger partial charge in [0.1, 0.15) is 0 Å². The zero-order valence-corrected chi connectivity index (χ0v) is 10.6. The Morgan fingerprint density at radius 1 is 1.41 bits per heavy atom. The lowest BCUT2D eigenvalue weighted by molar-refractivity contribution is 0.238. The number of nitrogens with zero attached hydrogens (tertiary/aromatic N) is 1. The van der Waals surface area contributed by atoms with Crippen LogP contribution in [0.15, 0.2) is 18.2 Å². The quantitative estimate of drug-likeness (QED) is 0.752. The fourth-order valence-corrected chi connectivity index (χ4v) is 2.92. The van der Waals surface area contributed by atoms with Crippen molar-refractivity contribution in [1.29, 1.82) is 0 Å². The van der Waals surface area contributed by atoms with Crippen molar-refractivity contribution in [1.82, 2.24) is 4.90 Å². The molecule has 2 rings (SSSR count). The standard InChI is InChI=1S/C13H16ClF2N/c1-9-5-6-17(12(9)7-14)8-10-3-2-4-11(15)13(10)16/h2-4,9,12H,5-8H2,1H3. The van der Waals surface area contributed by atoms with Crippen LogP contribution in [-0.4, -0.2) is 23.4 Å². The number of benzene rings is 1. The molecular weight excluding hydrogens is 244 g/mol. The molecule has 1 aromatic carbocycles. The minimum absolute atomic E-state index is 0.263. The third-order valence-corrected chi connectivity index (χ3v) is 3.88. The second-order valence-electron chi connectivity index (χ2n) is 4.67. The van der Waals surface area contributed by atoms with Gasteiger partial charge < -0.3 is 0 Å². The summed E-state index contributed by atoms with van der Waals surface area (Å²) in [6.45, 7) is 3.48. The van der Waals surface area contributed by atoms with Crippen molar-refractivity contribution in [2.45, 2.75) is 25.9 Å². The lowest BCUT2D eigenvalue weighted by Gasteiger charge is -2.25. The largest absolute Gasteiger partial charge is 0.295 e. The Morgan fingerprint density at radius 3 is 2.88 bits per heavy atom. The van der Waals surface area contributed by atoms with Crippen LogP contribution in [0.1, 0.15) is 18.9 Å². The summed E-state index contributed by atoms with van der Waals surface area (Å²) in [7, 11) is 0. The van der Waals surface area contributed by atoms with Crippen molar-refractivity contribution in [3.63, 3.8) is 0 Å². The summed E-state index contributed by atoms with van der Waals surface area (Å²) in [5, 5.41) is 0. The van der Waals surface area contributed by atoms with Gasteiger partial charge in [-0.05, 0) is 24.9 Å². The summed E-state index contributed by atoms with van der Waals surface area (Å²) in [5.74, 6) is -0.459. The smallest absolute Gasteiger partial charge is 0.163 e. The van der Waals surface area contributed by atoms with E-state index in [1.165, 1.54) is 0 Å². The first-order valence-electron chi connectivity index (χ1n) is 5.86. The molecule has 4 heteroatoms. The fourth-order valence-electron chi connectivity index (χ4n) is 2.42. The van der Waals surface area contributed by atoms with Gasteiger partial charge in [-0.25, -0.2) is 8.78 Å². The molecule has 0 amide bonds. The number of likely N-dealkylation sites (tertiary alicyclic amines) is 1. The van der Waals surface area contributed by atoms with Crippen LogP contribution in [0.5, 0.6) is 0 Å². The van der Waals surface area contributed by atoms with Crippen molar-refractivity contribution in [3.05, 3.63) is 35.4 Å². The Balaban J connectivity index is 2.13. The summed E-state index contributed by atoms with van der Waals surface area (Å²) in [5.41, 5.74) is 0.411. The van der Waals surface area contributed by atoms with Crippen molar-refractivity contribution in [3.8, 4) is 0 Å². The molecule has 0 bridgehead atoms. The highest BCUT2D eigenvalue weighted by Gasteiger charge is 2.30. The number of hydrogen-bond acceptors (Lipinski definition) is 1. The zero-order chi connectivity index (χ0) is 12.4. The third kappa shape index (κ3) is 2.61. The van der Waals surface area contributed by atoms with Gasteiger partial charge in [-0.15, -0.1) is 11.6 Å². The Labute approximate surface area is 105 Å². The van der Waals surface area contributed by atoms with Crippen LogP contribution < -0.4 is 0 Å². The van der Waals surface area contributed by atoms with Gasteiger partial charge in [0.15, 0.2) is 11.6 Å². The zero-order valence-electron chi connectivity index (χ0n) is 9.80. The van der Waals surface area contributed by atoms with E-state index in [2.05, 4.69) is 11.8 Å². The summed E-state index contributed by atoms with van der Waals surface area (Å²) in [6, 6.07) is 4.58. The van der Waals surface area contributed by atoms with E-state index in [4.69, 9.17) is 11.6 Å². The highest BCUT2D eigenvalue weighted by molar-refractivity contribution is 6.18. The van der Waals surface area contributed by atoms with Gasteiger partial charge in [-0.1, -0.05) is 19.1 Å². The first-order valence-corrected chi connectivity index (χ1v) is 6.40. The van der Waals surface area contributed by atoms with E-state index in [0.717, 1.165) is 19.0 Å². The molecule has 1 saturated heterocycles. The van der Waals surface area contributed by atoms with Gasteiger partial charge in [-0.2, -0.15) is 0 Å². The maximum Gasteiger partial charge on any atom is 0.163 e. The van der Waals surface area contributed by atoms with E-state index < -0.39 is 11.6 Å². The van der Waals surface area contributed by atoms with E-state index in [1.807, 2.05) is 0 Å². The number of alkyl halides is 1. The topological polar surface area (TPSA) is 3.24 Å². The van der Waals surface area contributed by atoms with Gasteiger partial charge in [0, 0.05) is 24.0 Å². The molecule has 1 aliphatic heterocycles. The van der Waals surface area contributed by atoms with Gasteiger partial charge >= 0.3 is 0 Å². The predicted molar refractivity (Wildman–Crippen MR) is 65.1 cm³/mol. The molecule has 0 saturated carbocycles. The maximum atomic E-state index is 13.5. The van der Waals surface area contributed by atoms with Gasteiger partial charge in [0.05, 0.1) is 0 Å². The fraction of sp³-hybridized carbons (Fsp3) is 0.538. The molecule has 1 aromatic rings. The predicted octanol–water partition coefficient (Wildman–Crippen LogP) is 3.41. The second kappa shape index (κ2) is 5.32. The van der Waals surface area contributed by atoms with Crippen LogP contribution in [-0.2, 0) is 6.54 Å². The molecule has 0 N–H and O–H groups in total. The van der Waals surface area contributed by atoms with E-state index in [1.54, 1.807) is 12.1 Å². The lowest BCUT2D eigenvalue weighted by atomic mass is 10.0. The van der Waals surface area contributed by atoms with Crippen molar-refractivity contribution in [2.24, 2.45) is 5.92 Å². The summed E-state index contributed by atoms with van der Waals surface area (Å²) < 4.78 is 26.6. The number of hydrogen-bond donors (Lipinski definition) is 0. The first kappa shape index (κ1) is 12.8. The Hall–Kier alpha value is -0.670. The second-order valence-corrected chi connectivity index (χ2v) is 4.98. The minimum Gasteiger partial charge on any atom is -0.295 e. The van der Waals surface area contributed by atoms with E-state index in [0.29, 0.717) is 23.9 Å². The first-order chi connectivity index (χ1) is 8.13. The monoisotopic (exact) mass is 259 g/mol. The van der Waals surface area contributed by atoms with Crippen LogP contribution in [0.4, 0.5) is 8.78 Å². The van der Waals surface area contributed by atoms with Crippen LogP contribution in [0.25, 0.3) is 0 Å². The average molecular weight is 260 g/mol.